The first kappa shape index (κ1) is 23.4. The van der Waals surface area contributed by atoms with Crippen LogP contribution in [0.3, 0.4) is 0 Å². The lowest BCUT2D eigenvalue weighted by atomic mass is 10.0. The summed E-state index contributed by atoms with van der Waals surface area (Å²) in [6.07, 6.45) is 3.73. The molecular weight excluding hydrogens is 382 g/mol. The predicted octanol–water partition coefficient (Wildman–Crippen LogP) is 3.19. The molecule has 7 nitrogen and oxygen atoms in total. The van der Waals surface area contributed by atoms with Crippen LogP contribution in [0.2, 0.25) is 0 Å². The molecule has 0 aliphatic rings. The standard InChI is InChI=1S/C23H33N3O4/c1-5-24-23(29)21(10-8-6-7-9-15(2)27)26-22(28)14-18-16(3)25-20-12-11-17(30-4)13-19(18)20/h11-13,21,25H,5-10,14H2,1-4H3,(H,24,29)(H,26,28)/t21-/m0/s1. The summed E-state index contributed by atoms with van der Waals surface area (Å²) < 4.78 is 5.30. The summed E-state index contributed by atoms with van der Waals surface area (Å²) in [5.74, 6) is 0.541. The van der Waals surface area contributed by atoms with Gasteiger partial charge in [0.2, 0.25) is 11.8 Å². The number of hydrogen-bond donors (Lipinski definition) is 3. The highest BCUT2D eigenvalue weighted by Gasteiger charge is 2.21. The van der Waals surface area contributed by atoms with Crippen LogP contribution in [0.5, 0.6) is 5.75 Å². The second-order valence-corrected chi connectivity index (χ2v) is 7.63. The van der Waals surface area contributed by atoms with Crippen LogP contribution >= 0.6 is 0 Å². The van der Waals surface area contributed by atoms with E-state index in [9.17, 15) is 14.4 Å². The average Bonchev–Trinajstić information content (AvgIpc) is 3.01. The Morgan fingerprint density at radius 3 is 2.60 bits per heavy atom. The zero-order valence-electron chi connectivity index (χ0n) is 18.4. The first-order valence-electron chi connectivity index (χ1n) is 10.6. The fourth-order valence-corrected chi connectivity index (χ4v) is 3.59. The molecule has 0 aliphatic carbocycles. The zero-order valence-corrected chi connectivity index (χ0v) is 18.4. The van der Waals surface area contributed by atoms with Crippen molar-refractivity contribution < 1.29 is 19.1 Å². The number of unbranched alkanes of at least 4 members (excludes halogenated alkanes) is 2. The van der Waals surface area contributed by atoms with E-state index in [2.05, 4.69) is 15.6 Å². The van der Waals surface area contributed by atoms with Gasteiger partial charge in [-0.05, 0) is 57.4 Å². The van der Waals surface area contributed by atoms with Crippen molar-refractivity contribution in [1.29, 1.82) is 0 Å². The van der Waals surface area contributed by atoms with Gasteiger partial charge in [-0.25, -0.2) is 0 Å². The van der Waals surface area contributed by atoms with Crippen LogP contribution in [0.25, 0.3) is 10.9 Å². The van der Waals surface area contributed by atoms with Crippen LogP contribution in [0, 0.1) is 6.92 Å². The summed E-state index contributed by atoms with van der Waals surface area (Å²) in [5, 5.41) is 6.64. The molecular formula is C23H33N3O4. The third kappa shape index (κ3) is 6.61. The van der Waals surface area contributed by atoms with Gasteiger partial charge in [0, 0.05) is 29.6 Å². The number of ketones is 1. The maximum Gasteiger partial charge on any atom is 0.242 e. The van der Waals surface area contributed by atoms with E-state index in [4.69, 9.17) is 4.74 Å². The molecule has 7 heteroatoms. The van der Waals surface area contributed by atoms with E-state index in [-0.39, 0.29) is 24.0 Å². The van der Waals surface area contributed by atoms with Crippen LogP contribution in [-0.2, 0) is 20.8 Å². The number of likely N-dealkylation sites (N-methyl/N-ethyl adjacent to an activating group) is 1. The van der Waals surface area contributed by atoms with Gasteiger partial charge in [0.05, 0.1) is 13.5 Å². The first-order valence-corrected chi connectivity index (χ1v) is 10.6. The third-order valence-electron chi connectivity index (χ3n) is 5.19. The molecule has 1 heterocycles. The largest absolute Gasteiger partial charge is 0.497 e. The molecule has 1 aromatic heterocycles. The minimum Gasteiger partial charge on any atom is -0.497 e. The Kier molecular flexibility index (Phi) is 8.89. The van der Waals surface area contributed by atoms with Gasteiger partial charge in [-0.1, -0.05) is 12.8 Å². The molecule has 1 aromatic carbocycles. The van der Waals surface area contributed by atoms with Crippen molar-refractivity contribution >= 4 is 28.5 Å². The van der Waals surface area contributed by atoms with E-state index >= 15 is 0 Å². The molecule has 0 aliphatic heterocycles. The van der Waals surface area contributed by atoms with Crippen LogP contribution < -0.4 is 15.4 Å². The Hall–Kier alpha value is -2.83. The number of methoxy groups -OCH3 is 1. The van der Waals surface area contributed by atoms with Crippen molar-refractivity contribution in [3.05, 3.63) is 29.5 Å². The highest BCUT2D eigenvalue weighted by Crippen LogP contribution is 2.26. The first-order chi connectivity index (χ1) is 14.3. The van der Waals surface area contributed by atoms with Crippen molar-refractivity contribution in [2.45, 2.75) is 65.3 Å². The summed E-state index contributed by atoms with van der Waals surface area (Å²) in [7, 11) is 1.61. The lowest BCUT2D eigenvalue weighted by Gasteiger charge is -2.18. The second-order valence-electron chi connectivity index (χ2n) is 7.63. The molecule has 0 saturated heterocycles. The molecule has 2 amide bonds. The second kappa shape index (κ2) is 11.4. The van der Waals surface area contributed by atoms with Crippen LogP contribution in [0.1, 0.15) is 57.2 Å². The number of nitrogens with one attached hydrogen (secondary N) is 3. The monoisotopic (exact) mass is 415 g/mol. The minimum absolute atomic E-state index is 0.172. The number of fused-ring (bicyclic) bond motifs is 1. The van der Waals surface area contributed by atoms with Gasteiger partial charge in [0.1, 0.15) is 17.6 Å². The summed E-state index contributed by atoms with van der Waals surface area (Å²) in [4.78, 5) is 39.5. The molecule has 0 unspecified atom stereocenters. The number of H-pyrrole nitrogens is 1. The molecule has 2 aromatic rings. The number of Topliss-reactive ketones (excluding diaryl/α,β-unsaturated/α-hetero) is 1. The van der Waals surface area contributed by atoms with Crippen molar-refractivity contribution in [2.24, 2.45) is 0 Å². The minimum atomic E-state index is -0.574. The van der Waals surface area contributed by atoms with E-state index in [1.54, 1.807) is 14.0 Å². The lowest BCUT2D eigenvalue weighted by molar-refractivity contribution is -0.128. The number of aromatic nitrogens is 1. The smallest absolute Gasteiger partial charge is 0.242 e. The van der Waals surface area contributed by atoms with Gasteiger partial charge >= 0.3 is 0 Å². The number of amides is 2. The maximum absolute atomic E-state index is 12.8. The van der Waals surface area contributed by atoms with E-state index in [1.807, 2.05) is 32.0 Å². The molecule has 164 valence electrons. The number of aromatic amines is 1. The van der Waals surface area contributed by atoms with Crippen molar-refractivity contribution in [1.82, 2.24) is 15.6 Å². The quantitative estimate of drug-likeness (QED) is 0.464. The summed E-state index contributed by atoms with van der Waals surface area (Å²) >= 11 is 0. The number of rotatable bonds is 12. The van der Waals surface area contributed by atoms with Crippen LogP contribution in [0.4, 0.5) is 0 Å². The summed E-state index contributed by atoms with van der Waals surface area (Å²) in [5.41, 5.74) is 2.77. The number of aryl methyl sites for hydroxylation is 1. The van der Waals surface area contributed by atoms with Gasteiger partial charge < -0.3 is 25.1 Å². The van der Waals surface area contributed by atoms with Crippen molar-refractivity contribution in [3.63, 3.8) is 0 Å². The van der Waals surface area contributed by atoms with Gasteiger partial charge in [-0.15, -0.1) is 0 Å². The van der Waals surface area contributed by atoms with E-state index in [0.717, 1.165) is 47.2 Å². The Labute approximate surface area is 177 Å². The fraction of sp³-hybridized carbons (Fsp3) is 0.522. The van der Waals surface area contributed by atoms with Gasteiger partial charge in [-0.3, -0.25) is 9.59 Å². The van der Waals surface area contributed by atoms with E-state index in [0.29, 0.717) is 19.4 Å². The topological polar surface area (TPSA) is 100 Å². The molecule has 3 N–H and O–H groups in total. The average molecular weight is 416 g/mol. The number of ether oxygens (including phenoxy) is 1. The number of benzene rings is 1. The molecule has 0 spiro atoms. The van der Waals surface area contributed by atoms with Crippen LogP contribution in [0.15, 0.2) is 18.2 Å². The molecule has 2 rings (SSSR count). The third-order valence-corrected chi connectivity index (χ3v) is 5.19. The molecule has 0 fully saturated rings. The fourth-order valence-electron chi connectivity index (χ4n) is 3.59. The molecule has 0 radical (unpaired) electrons. The molecule has 1 atom stereocenters. The summed E-state index contributed by atoms with van der Waals surface area (Å²) in [6, 6.07) is 5.15. The SMILES string of the molecule is CCNC(=O)[C@H](CCCCCC(C)=O)NC(=O)Cc1c(C)[nH]c2ccc(OC)cc12. The van der Waals surface area contributed by atoms with Gasteiger partial charge in [0.15, 0.2) is 0 Å². The molecule has 0 bridgehead atoms. The van der Waals surface area contributed by atoms with Gasteiger partial charge in [-0.2, -0.15) is 0 Å². The zero-order chi connectivity index (χ0) is 22.1. The van der Waals surface area contributed by atoms with Gasteiger partial charge in [0.25, 0.3) is 0 Å². The van der Waals surface area contributed by atoms with E-state index < -0.39 is 6.04 Å². The normalized spacial score (nSPS) is 11.9. The van der Waals surface area contributed by atoms with Crippen molar-refractivity contribution in [2.75, 3.05) is 13.7 Å². The lowest BCUT2D eigenvalue weighted by Crippen LogP contribution is -2.47. The number of carbonyl (C=O) groups is 3. The predicted molar refractivity (Wildman–Crippen MR) is 118 cm³/mol. The Bertz CT molecular complexity index is 888. The van der Waals surface area contributed by atoms with Crippen molar-refractivity contribution in [3.8, 4) is 5.75 Å². The molecule has 0 saturated carbocycles. The summed E-state index contributed by atoms with van der Waals surface area (Å²) in [6.45, 7) is 5.88. The van der Waals surface area contributed by atoms with Crippen LogP contribution in [-0.4, -0.2) is 42.3 Å². The molecule has 30 heavy (non-hydrogen) atoms. The van der Waals surface area contributed by atoms with E-state index in [1.165, 1.54) is 0 Å². The Morgan fingerprint density at radius 1 is 1.17 bits per heavy atom. The Morgan fingerprint density at radius 2 is 1.93 bits per heavy atom. The number of hydrogen-bond acceptors (Lipinski definition) is 4. The number of carbonyl (C=O) groups excluding carboxylic acids is 3. The Balaban J connectivity index is 2.04. The maximum atomic E-state index is 12.8. The highest BCUT2D eigenvalue weighted by atomic mass is 16.5. The highest BCUT2D eigenvalue weighted by molar-refractivity contribution is 5.93.